The van der Waals surface area contributed by atoms with E-state index < -0.39 is 5.60 Å². The lowest BCUT2D eigenvalue weighted by Gasteiger charge is -2.30. The van der Waals surface area contributed by atoms with Gasteiger partial charge in [0.15, 0.2) is 5.78 Å². The Morgan fingerprint density at radius 3 is 2.71 bits per heavy atom. The molecule has 1 aromatic rings. The number of ketones is 1. The summed E-state index contributed by atoms with van der Waals surface area (Å²) in [6, 6.07) is 1.47. The largest absolute Gasteiger partial charge is 0.383 e. The lowest BCUT2D eigenvalue weighted by molar-refractivity contribution is 0.0117. The minimum absolute atomic E-state index is 0.124. The number of nitrogens with zero attached hydrogens (tertiary/aromatic N) is 1. The van der Waals surface area contributed by atoms with Gasteiger partial charge in [0.2, 0.25) is 0 Å². The van der Waals surface area contributed by atoms with Gasteiger partial charge in [0.05, 0.1) is 10.6 Å². The van der Waals surface area contributed by atoms with Crippen molar-refractivity contribution in [3.63, 3.8) is 0 Å². The Balaban J connectivity index is 2.32. The molecule has 4 nitrogen and oxygen atoms in total. The number of carbonyl (C=O) groups is 1. The van der Waals surface area contributed by atoms with Crippen LogP contribution in [0.2, 0.25) is 5.02 Å². The van der Waals surface area contributed by atoms with Crippen LogP contribution >= 0.6 is 11.6 Å². The van der Waals surface area contributed by atoms with E-state index in [0.717, 1.165) is 19.3 Å². The smallest absolute Gasteiger partial charge is 0.198 e. The zero-order chi connectivity index (χ0) is 12.5. The molecular weight excluding hydrogens is 240 g/mol. The van der Waals surface area contributed by atoms with Crippen LogP contribution in [0.15, 0.2) is 12.3 Å². The molecule has 92 valence electrons. The summed E-state index contributed by atoms with van der Waals surface area (Å²) < 4.78 is 0. The Kier molecular flexibility index (Phi) is 3.35. The molecule has 0 unspecified atom stereocenters. The Bertz CT molecular complexity index is 442. The second kappa shape index (κ2) is 4.63. The number of nitrogens with two attached hydrogens (primary N) is 1. The molecule has 1 aliphatic carbocycles. The molecule has 0 amide bonds. The van der Waals surface area contributed by atoms with E-state index in [0.29, 0.717) is 17.9 Å². The standard InChI is InChI=1S/C12H15ClN2O2/c13-8-6-9(11(14)15-7-8)10(16)12(17)4-2-1-3-5-12/h6-7,17H,1-5H2,(H2,14,15). The molecular formula is C12H15ClN2O2. The lowest BCUT2D eigenvalue weighted by atomic mass is 9.79. The summed E-state index contributed by atoms with van der Waals surface area (Å²) in [4.78, 5) is 16.1. The monoisotopic (exact) mass is 254 g/mol. The van der Waals surface area contributed by atoms with Crippen LogP contribution in [0.1, 0.15) is 42.5 Å². The van der Waals surface area contributed by atoms with E-state index in [9.17, 15) is 9.90 Å². The summed E-state index contributed by atoms with van der Waals surface area (Å²) in [5.41, 5.74) is 4.59. The number of nitrogen functional groups attached to an aromatic ring is 1. The van der Waals surface area contributed by atoms with Crippen molar-refractivity contribution in [3.05, 3.63) is 22.8 Å². The van der Waals surface area contributed by atoms with Gasteiger partial charge >= 0.3 is 0 Å². The fraction of sp³-hybridized carbons (Fsp3) is 0.500. The summed E-state index contributed by atoms with van der Waals surface area (Å²) in [7, 11) is 0. The molecule has 1 fully saturated rings. The van der Waals surface area contributed by atoms with Crippen LogP contribution in [0.4, 0.5) is 5.82 Å². The molecule has 0 aromatic carbocycles. The molecule has 1 aromatic heterocycles. The molecule has 2 rings (SSSR count). The van der Waals surface area contributed by atoms with Crippen LogP contribution in [-0.4, -0.2) is 21.5 Å². The van der Waals surface area contributed by atoms with E-state index in [1.54, 1.807) is 0 Å². The summed E-state index contributed by atoms with van der Waals surface area (Å²) in [5.74, 6) is -0.233. The van der Waals surface area contributed by atoms with Crippen molar-refractivity contribution in [1.82, 2.24) is 4.98 Å². The second-order valence-corrected chi connectivity index (χ2v) is 4.94. The molecule has 0 bridgehead atoms. The predicted octanol–water partition coefficient (Wildman–Crippen LogP) is 2.20. The number of halogens is 1. The number of anilines is 1. The van der Waals surface area contributed by atoms with Gasteiger partial charge in [0.1, 0.15) is 11.4 Å². The number of hydrogen-bond acceptors (Lipinski definition) is 4. The third-order valence-electron chi connectivity index (χ3n) is 3.23. The van der Waals surface area contributed by atoms with Crippen LogP contribution in [0.25, 0.3) is 0 Å². The third-order valence-corrected chi connectivity index (χ3v) is 3.44. The van der Waals surface area contributed by atoms with Crippen LogP contribution in [0.3, 0.4) is 0 Å². The van der Waals surface area contributed by atoms with E-state index in [4.69, 9.17) is 17.3 Å². The zero-order valence-electron chi connectivity index (χ0n) is 9.45. The molecule has 17 heavy (non-hydrogen) atoms. The topological polar surface area (TPSA) is 76.2 Å². The Labute approximate surface area is 105 Å². The summed E-state index contributed by atoms with van der Waals surface area (Å²) in [6.07, 6.45) is 5.12. The zero-order valence-corrected chi connectivity index (χ0v) is 10.2. The minimum atomic E-state index is -1.29. The highest BCUT2D eigenvalue weighted by atomic mass is 35.5. The van der Waals surface area contributed by atoms with Gasteiger partial charge in [-0.1, -0.05) is 30.9 Å². The molecule has 1 heterocycles. The molecule has 0 aliphatic heterocycles. The Hall–Kier alpha value is -1.13. The van der Waals surface area contributed by atoms with E-state index in [1.165, 1.54) is 12.3 Å². The summed E-state index contributed by atoms with van der Waals surface area (Å²) in [6.45, 7) is 0. The van der Waals surface area contributed by atoms with Crippen LogP contribution in [0.5, 0.6) is 0 Å². The molecule has 0 atom stereocenters. The van der Waals surface area contributed by atoms with Gasteiger partial charge in [0.25, 0.3) is 0 Å². The van der Waals surface area contributed by atoms with Gasteiger partial charge in [-0.15, -0.1) is 0 Å². The van der Waals surface area contributed by atoms with Gasteiger partial charge < -0.3 is 10.8 Å². The molecule has 0 saturated heterocycles. The third kappa shape index (κ3) is 2.42. The first kappa shape index (κ1) is 12.3. The fourth-order valence-electron chi connectivity index (χ4n) is 2.25. The van der Waals surface area contributed by atoms with E-state index in [-0.39, 0.29) is 17.2 Å². The van der Waals surface area contributed by atoms with Crippen molar-refractivity contribution in [2.75, 3.05) is 5.73 Å². The van der Waals surface area contributed by atoms with E-state index in [2.05, 4.69) is 4.98 Å². The van der Waals surface area contributed by atoms with Crippen molar-refractivity contribution < 1.29 is 9.90 Å². The van der Waals surface area contributed by atoms with Gasteiger partial charge in [-0.2, -0.15) is 0 Å². The molecule has 1 aliphatic rings. The number of aromatic nitrogens is 1. The fourth-order valence-corrected chi connectivity index (χ4v) is 2.40. The van der Waals surface area contributed by atoms with Crippen molar-refractivity contribution in [3.8, 4) is 0 Å². The maximum atomic E-state index is 12.3. The van der Waals surface area contributed by atoms with Gasteiger partial charge in [-0.3, -0.25) is 4.79 Å². The van der Waals surface area contributed by atoms with Crippen LogP contribution in [0, 0.1) is 0 Å². The molecule has 5 heteroatoms. The van der Waals surface area contributed by atoms with Crippen molar-refractivity contribution in [2.45, 2.75) is 37.7 Å². The second-order valence-electron chi connectivity index (χ2n) is 4.51. The average molecular weight is 255 g/mol. The quantitative estimate of drug-likeness (QED) is 0.794. The number of rotatable bonds is 2. The normalized spacial score (nSPS) is 18.9. The number of Topliss-reactive ketones (excluding diaryl/α,β-unsaturated/α-hetero) is 1. The van der Waals surface area contributed by atoms with Gasteiger partial charge in [0, 0.05) is 6.20 Å². The van der Waals surface area contributed by atoms with E-state index >= 15 is 0 Å². The van der Waals surface area contributed by atoms with Crippen molar-refractivity contribution >= 4 is 23.2 Å². The number of hydrogen-bond donors (Lipinski definition) is 2. The highest BCUT2D eigenvalue weighted by molar-refractivity contribution is 6.31. The van der Waals surface area contributed by atoms with Gasteiger partial charge in [-0.25, -0.2) is 4.98 Å². The Morgan fingerprint density at radius 2 is 2.06 bits per heavy atom. The molecule has 1 saturated carbocycles. The maximum Gasteiger partial charge on any atom is 0.198 e. The average Bonchev–Trinajstić information content (AvgIpc) is 2.32. The number of aliphatic hydroxyl groups is 1. The maximum absolute atomic E-state index is 12.3. The van der Waals surface area contributed by atoms with Crippen LogP contribution in [-0.2, 0) is 0 Å². The molecule has 0 spiro atoms. The van der Waals surface area contributed by atoms with E-state index in [1.807, 2.05) is 0 Å². The highest BCUT2D eigenvalue weighted by Gasteiger charge is 2.38. The molecule has 0 radical (unpaired) electrons. The minimum Gasteiger partial charge on any atom is -0.383 e. The molecule has 3 N–H and O–H groups in total. The predicted molar refractivity (Wildman–Crippen MR) is 66.0 cm³/mol. The summed E-state index contributed by atoms with van der Waals surface area (Å²) in [5, 5.41) is 10.7. The first-order chi connectivity index (χ1) is 8.03. The van der Waals surface area contributed by atoms with Gasteiger partial charge in [-0.05, 0) is 18.9 Å². The van der Waals surface area contributed by atoms with Crippen molar-refractivity contribution in [1.29, 1.82) is 0 Å². The van der Waals surface area contributed by atoms with Crippen molar-refractivity contribution in [2.24, 2.45) is 0 Å². The summed E-state index contributed by atoms with van der Waals surface area (Å²) >= 11 is 5.79. The first-order valence-electron chi connectivity index (χ1n) is 5.71. The highest BCUT2D eigenvalue weighted by Crippen LogP contribution is 2.32. The first-order valence-corrected chi connectivity index (χ1v) is 6.09. The SMILES string of the molecule is Nc1ncc(Cl)cc1C(=O)C1(O)CCCCC1. The number of carbonyl (C=O) groups excluding carboxylic acids is 1. The lowest BCUT2D eigenvalue weighted by Crippen LogP contribution is -2.40. The van der Waals surface area contributed by atoms with Crippen LogP contribution < -0.4 is 5.73 Å². The number of pyridine rings is 1. The Morgan fingerprint density at radius 1 is 1.41 bits per heavy atom.